The van der Waals surface area contributed by atoms with Crippen LogP contribution in [0.15, 0.2) is 0 Å². The van der Waals surface area contributed by atoms with Crippen molar-refractivity contribution < 1.29 is 10.2 Å². The molecule has 0 aromatic rings. The van der Waals surface area contributed by atoms with E-state index < -0.39 is 0 Å². The SMILES string of the molecule is CCCC(CO)(CO)CC1CC2CCC1C2. The fourth-order valence-corrected chi connectivity index (χ4v) is 4.15. The lowest BCUT2D eigenvalue weighted by Gasteiger charge is -2.35. The second-order valence-corrected chi connectivity index (χ2v) is 6.21. The van der Waals surface area contributed by atoms with Crippen LogP contribution in [0.5, 0.6) is 0 Å². The Balaban J connectivity index is 1.95. The number of rotatable bonds is 6. The summed E-state index contributed by atoms with van der Waals surface area (Å²) in [5.74, 6) is 2.65. The minimum Gasteiger partial charge on any atom is -0.396 e. The molecule has 94 valence electrons. The van der Waals surface area contributed by atoms with Crippen LogP contribution in [0.4, 0.5) is 0 Å². The largest absolute Gasteiger partial charge is 0.396 e. The Morgan fingerprint density at radius 1 is 1.12 bits per heavy atom. The number of hydrogen-bond acceptors (Lipinski definition) is 2. The van der Waals surface area contributed by atoms with Crippen LogP contribution < -0.4 is 0 Å². The average Bonchev–Trinajstić information content (AvgIpc) is 2.90. The smallest absolute Gasteiger partial charge is 0.0509 e. The first-order valence-corrected chi connectivity index (χ1v) is 6.94. The van der Waals surface area contributed by atoms with Crippen LogP contribution in [0.25, 0.3) is 0 Å². The first-order chi connectivity index (χ1) is 7.73. The van der Waals surface area contributed by atoms with Crippen molar-refractivity contribution in [1.29, 1.82) is 0 Å². The van der Waals surface area contributed by atoms with Crippen LogP contribution in [-0.4, -0.2) is 23.4 Å². The van der Waals surface area contributed by atoms with Crippen LogP contribution in [0.3, 0.4) is 0 Å². The molecule has 2 bridgehead atoms. The van der Waals surface area contributed by atoms with Crippen molar-refractivity contribution in [2.24, 2.45) is 23.2 Å². The molecular formula is C14H26O2. The summed E-state index contributed by atoms with van der Waals surface area (Å²) in [5, 5.41) is 19.2. The summed E-state index contributed by atoms with van der Waals surface area (Å²) >= 11 is 0. The molecule has 0 aromatic carbocycles. The topological polar surface area (TPSA) is 40.5 Å². The molecule has 0 aromatic heterocycles. The van der Waals surface area contributed by atoms with Gasteiger partial charge in [-0.05, 0) is 49.9 Å². The van der Waals surface area contributed by atoms with E-state index in [-0.39, 0.29) is 18.6 Å². The van der Waals surface area contributed by atoms with Crippen LogP contribution in [0, 0.1) is 23.2 Å². The van der Waals surface area contributed by atoms with Gasteiger partial charge in [-0.2, -0.15) is 0 Å². The second-order valence-electron chi connectivity index (χ2n) is 6.21. The molecular weight excluding hydrogens is 200 g/mol. The third-order valence-corrected chi connectivity index (χ3v) is 5.03. The molecule has 0 spiro atoms. The van der Waals surface area contributed by atoms with Gasteiger partial charge in [0.05, 0.1) is 13.2 Å². The van der Waals surface area contributed by atoms with Gasteiger partial charge in [0.2, 0.25) is 0 Å². The Bertz CT molecular complexity index is 223. The Hall–Kier alpha value is -0.0800. The summed E-state index contributed by atoms with van der Waals surface area (Å²) in [7, 11) is 0. The molecule has 2 fully saturated rings. The molecule has 2 saturated carbocycles. The van der Waals surface area contributed by atoms with E-state index in [1.807, 2.05) is 0 Å². The van der Waals surface area contributed by atoms with Crippen LogP contribution in [-0.2, 0) is 0 Å². The summed E-state index contributed by atoms with van der Waals surface area (Å²) in [6.45, 7) is 2.46. The fraction of sp³-hybridized carbons (Fsp3) is 1.00. The molecule has 0 aliphatic heterocycles. The normalized spacial score (nSPS) is 33.6. The average molecular weight is 226 g/mol. The summed E-state index contributed by atoms with van der Waals surface area (Å²) < 4.78 is 0. The lowest BCUT2D eigenvalue weighted by Crippen LogP contribution is -2.33. The molecule has 0 amide bonds. The van der Waals surface area contributed by atoms with Gasteiger partial charge in [-0.25, -0.2) is 0 Å². The summed E-state index contributed by atoms with van der Waals surface area (Å²) in [6, 6.07) is 0. The predicted molar refractivity (Wildman–Crippen MR) is 65.1 cm³/mol. The summed E-state index contributed by atoms with van der Waals surface area (Å²) in [4.78, 5) is 0. The highest BCUT2D eigenvalue weighted by atomic mass is 16.3. The minimum atomic E-state index is -0.191. The van der Waals surface area contributed by atoms with Gasteiger partial charge in [0.15, 0.2) is 0 Å². The summed E-state index contributed by atoms with van der Waals surface area (Å²) in [5.41, 5.74) is -0.191. The molecule has 2 aliphatic carbocycles. The quantitative estimate of drug-likeness (QED) is 0.731. The Kier molecular flexibility index (Phi) is 3.91. The van der Waals surface area contributed by atoms with Crippen molar-refractivity contribution in [1.82, 2.24) is 0 Å². The molecule has 2 rings (SSSR count). The van der Waals surface area contributed by atoms with E-state index in [0.29, 0.717) is 0 Å². The third-order valence-electron chi connectivity index (χ3n) is 5.03. The van der Waals surface area contributed by atoms with Crippen molar-refractivity contribution in [3.63, 3.8) is 0 Å². The maximum absolute atomic E-state index is 9.58. The number of aliphatic hydroxyl groups is 2. The van der Waals surface area contributed by atoms with Crippen LogP contribution >= 0.6 is 0 Å². The zero-order valence-corrected chi connectivity index (χ0v) is 10.5. The van der Waals surface area contributed by atoms with Crippen molar-refractivity contribution >= 4 is 0 Å². The fourth-order valence-electron chi connectivity index (χ4n) is 4.15. The molecule has 2 heteroatoms. The molecule has 0 heterocycles. The third kappa shape index (κ3) is 2.28. The van der Waals surface area contributed by atoms with Gasteiger partial charge >= 0.3 is 0 Å². The Morgan fingerprint density at radius 3 is 2.31 bits per heavy atom. The zero-order valence-electron chi connectivity index (χ0n) is 10.5. The minimum absolute atomic E-state index is 0.158. The van der Waals surface area contributed by atoms with Crippen LogP contribution in [0.1, 0.15) is 51.9 Å². The van der Waals surface area contributed by atoms with E-state index in [4.69, 9.17) is 0 Å². The maximum atomic E-state index is 9.58. The van der Waals surface area contributed by atoms with Gasteiger partial charge in [-0.3, -0.25) is 0 Å². The molecule has 3 atom stereocenters. The highest BCUT2D eigenvalue weighted by Gasteiger charge is 2.43. The van der Waals surface area contributed by atoms with Gasteiger partial charge < -0.3 is 10.2 Å². The second kappa shape index (κ2) is 5.05. The number of aliphatic hydroxyl groups excluding tert-OH is 2. The molecule has 0 radical (unpaired) electrons. The van der Waals surface area contributed by atoms with E-state index in [0.717, 1.165) is 37.0 Å². The van der Waals surface area contributed by atoms with Gasteiger partial charge in [0.25, 0.3) is 0 Å². The lowest BCUT2D eigenvalue weighted by molar-refractivity contribution is 0.0176. The van der Waals surface area contributed by atoms with Crippen molar-refractivity contribution in [2.75, 3.05) is 13.2 Å². The van der Waals surface area contributed by atoms with E-state index in [1.165, 1.54) is 25.7 Å². The highest BCUT2D eigenvalue weighted by Crippen LogP contribution is 2.52. The first-order valence-electron chi connectivity index (χ1n) is 6.94. The van der Waals surface area contributed by atoms with Crippen molar-refractivity contribution in [3.8, 4) is 0 Å². The maximum Gasteiger partial charge on any atom is 0.0509 e. The first kappa shape index (κ1) is 12.4. The lowest BCUT2D eigenvalue weighted by atomic mass is 9.72. The molecule has 16 heavy (non-hydrogen) atoms. The Labute approximate surface area is 99.1 Å². The predicted octanol–water partition coefficient (Wildman–Crippen LogP) is 2.58. The van der Waals surface area contributed by atoms with Gasteiger partial charge in [-0.1, -0.05) is 19.8 Å². The zero-order chi connectivity index (χ0) is 11.6. The van der Waals surface area contributed by atoms with Gasteiger partial charge in [0.1, 0.15) is 0 Å². The Morgan fingerprint density at radius 2 is 1.88 bits per heavy atom. The molecule has 2 aliphatic rings. The van der Waals surface area contributed by atoms with Crippen molar-refractivity contribution in [2.45, 2.75) is 51.9 Å². The van der Waals surface area contributed by atoms with Crippen LogP contribution in [0.2, 0.25) is 0 Å². The monoisotopic (exact) mass is 226 g/mol. The van der Waals surface area contributed by atoms with Gasteiger partial charge in [-0.15, -0.1) is 0 Å². The number of hydrogen-bond donors (Lipinski definition) is 2. The molecule has 0 saturated heterocycles. The molecule has 3 unspecified atom stereocenters. The van der Waals surface area contributed by atoms with E-state index in [9.17, 15) is 10.2 Å². The standard InChI is InChI=1S/C14H26O2/c1-2-5-14(9-15,10-16)8-13-7-11-3-4-12(13)6-11/h11-13,15-16H,2-10H2,1H3. The highest BCUT2D eigenvalue weighted by molar-refractivity contribution is 4.93. The van der Waals surface area contributed by atoms with E-state index in [2.05, 4.69) is 6.92 Å². The molecule has 2 nitrogen and oxygen atoms in total. The number of fused-ring (bicyclic) bond motifs is 2. The van der Waals surface area contributed by atoms with E-state index >= 15 is 0 Å². The van der Waals surface area contributed by atoms with Gasteiger partial charge in [0, 0.05) is 5.41 Å². The molecule has 2 N–H and O–H groups in total. The summed E-state index contributed by atoms with van der Waals surface area (Å²) in [6.07, 6.45) is 8.68. The van der Waals surface area contributed by atoms with Crippen molar-refractivity contribution in [3.05, 3.63) is 0 Å². The van der Waals surface area contributed by atoms with E-state index in [1.54, 1.807) is 0 Å².